The Kier molecular flexibility index (Phi) is 5.63. The zero-order chi connectivity index (χ0) is 21.0. The summed E-state index contributed by atoms with van der Waals surface area (Å²) < 4.78 is 38.4. The number of hydrogen-bond donors (Lipinski definition) is 2. The van der Waals surface area contributed by atoms with Gasteiger partial charge in [-0.2, -0.15) is 13.2 Å². The Morgan fingerprint density at radius 2 is 1.66 bits per heavy atom. The van der Waals surface area contributed by atoms with Gasteiger partial charge in [-0.1, -0.05) is 24.3 Å². The molecule has 0 atom stereocenters. The number of rotatable bonds is 5. The van der Waals surface area contributed by atoms with Crippen molar-refractivity contribution in [1.29, 1.82) is 0 Å². The summed E-state index contributed by atoms with van der Waals surface area (Å²) in [6.45, 7) is -0.0553. The van der Waals surface area contributed by atoms with E-state index in [2.05, 4.69) is 10.3 Å². The maximum Gasteiger partial charge on any atom is 0.416 e. The Morgan fingerprint density at radius 3 is 2.31 bits per heavy atom. The van der Waals surface area contributed by atoms with Crippen molar-refractivity contribution in [2.75, 3.05) is 0 Å². The third-order valence-electron chi connectivity index (χ3n) is 4.21. The highest BCUT2D eigenvalue weighted by Gasteiger charge is 2.30. The van der Waals surface area contributed by atoms with Gasteiger partial charge >= 0.3 is 6.18 Å². The molecule has 0 radical (unpaired) electrons. The van der Waals surface area contributed by atoms with Gasteiger partial charge in [-0.15, -0.1) is 0 Å². The van der Waals surface area contributed by atoms with Crippen molar-refractivity contribution in [1.82, 2.24) is 10.3 Å². The van der Waals surface area contributed by atoms with Crippen LogP contribution in [0.3, 0.4) is 0 Å². The van der Waals surface area contributed by atoms with Gasteiger partial charge in [0.15, 0.2) is 0 Å². The lowest BCUT2D eigenvalue weighted by Crippen LogP contribution is -2.23. The smallest absolute Gasteiger partial charge is 0.366 e. The molecule has 29 heavy (non-hydrogen) atoms. The molecule has 0 unspecified atom stereocenters. The molecule has 0 aliphatic rings. The average Bonchev–Trinajstić information content (AvgIpc) is 2.72. The van der Waals surface area contributed by atoms with Crippen LogP contribution >= 0.6 is 0 Å². The normalized spacial score (nSPS) is 11.1. The summed E-state index contributed by atoms with van der Waals surface area (Å²) in [4.78, 5) is 27.6. The van der Waals surface area contributed by atoms with Crippen LogP contribution in [0.15, 0.2) is 67.0 Å². The van der Waals surface area contributed by atoms with E-state index in [1.807, 2.05) is 0 Å². The largest absolute Gasteiger partial charge is 0.416 e. The van der Waals surface area contributed by atoms with Gasteiger partial charge in [-0.3, -0.25) is 14.6 Å². The summed E-state index contributed by atoms with van der Waals surface area (Å²) in [5, 5.41) is 2.59. The minimum Gasteiger partial charge on any atom is -0.366 e. The van der Waals surface area contributed by atoms with Crippen LogP contribution in [-0.2, 0) is 12.7 Å². The minimum absolute atomic E-state index is 0.0553. The first-order valence-electron chi connectivity index (χ1n) is 8.53. The fourth-order valence-corrected chi connectivity index (χ4v) is 2.69. The predicted octanol–water partition coefficient (Wildman–Crippen LogP) is 3.80. The van der Waals surface area contributed by atoms with E-state index in [1.165, 1.54) is 18.3 Å². The van der Waals surface area contributed by atoms with E-state index in [-0.39, 0.29) is 12.1 Å². The van der Waals surface area contributed by atoms with Crippen molar-refractivity contribution in [2.45, 2.75) is 12.7 Å². The number of pyridine rings is 1. The Bertz CT molecular complexity index is 1050. The first-order valence-corrected chi connectivity index (χ1v) is 8.53. The van der Waals surface area contributed by atoms with E-state index in [0.29, 0.717) is 16.7 Å². The number of halogens is 3. The lowest BCUT2D eigenvalue weighted by atomic mass is 10.0. The van der Waals surface area contributed by atoms with Crippen LogP contribution in [0.25, 0.3) is 11.1 Å². The molecule has 0 fully saturated rings. The van der Waals surface area contributed by atoms with Gasteiger partial charge in [-0.05, 0) is 41.5 Å². The van der Waals surface area contributed by atoms with Crippen molar-refractivity contribution in [3.05, 3.63) is 89.2 Å². The lowest BCUT2D eigenvalue weighted by Gasteiger charge is -2.10. The maximum absolute atomic E-state index is 12.8. The first kappa shape index (κ1) is 20.1. The Hall–Kier alpha value is -3.68. The summed E-state index contributed by atoms with van der Waals surface area (Å²) >= 11 is 0. The van der Waals surface area contributed by atoms with Gasteiger partial charge in [0, 0.05) is 30.1 Å². The van der Waals surface area contributed by atoms with E-state index in [1.54, 1.807) is 36.5 Å². The van der Waals surface area contributed by atoms with Crippen LogP contribution in [0, 0.1) is 0 Å². The molecule has 1 aromatic heterocycles. The summed E-state index contributed by atoms with van der Waals surface area (Å²) in [5.41, 5.74) is 6.77. The third-order valence-corrected chi connectivity index (χ3v) is 4.21. The number of hydrogen-bond acceptors (Lipinski definition) is 3. The summed E-state index contributed by atoms with van der Waals surface area (Å²) in [5.74, 6) is -1.01. The molecule has 2 amide bonds. The van der Waals surface area contributed by atoms with Gasteiger partial charge < -0.3 is 11.1 Å². The van der Waals surface area contributed by atoms with Crippen LogP contribution in [0.5, 0.6) is 0 Å². The molecule has 1 heterocycles. The number of amides is 2. The number of primary amides is 1. The number of nitrogens with zero attached hydrogens (tertiary/aromatic N) is 1. The number of nitrogens with one attached hydrogen (secondary N) is 1. The molecule has 3 aromatic rings. The van der Waals surface area contributed by atoms with Crippen LogP contribution in [0.4, 0.5) is 13.2 Å². The molecule has 3 N–H and O–H groups in total. The standard InChI is InChI=1S/C21H16F3N3O2/c22-21(23,24)18-3-1-2-13(8-18)10-27-20(29)17-9-16(11-26-12-17)14-4-6-15(7-5-14)19(25)28/h1-9,11-12H,10H2,(H2,25,28)(H,27,29). The lowest BCUT2D eigenvalue weighted by molar-refractivity contribution is -0.137. The Morgan fingerprint density at radius 1 is 0.931 bits per heavy atom. The topological polar surface area (TPSA) is 85.1 Å². The SMILES string of the molecule is NC(=O)c1ccc(-c2cncc(C(=O)NCc3cccc(C(F)(F)F)c3)c2)cc1. The van der Waals surface area contributed by atoms with Crippen molar-refractivity contribution in [3.8, 4) is 11.1 Å². The molecule has 2 aromatic carbocycles. The zero-order valence-electron chi connectivity index (χ0n) is 15.0. The van der Waals surface area contributed by atoms with Gasteiger partial charge in [0.25, 0.3) is 5.91 Å². The number of nitrogens with two attached hydrogens (primary N) is 1. The zero-order valence-corrected chi connectivity index (χ0v) is 15.0. The fourth-order valence-electron chi connectivity index (χ4n) is 2.69. The number of carbonyl (C=O) groups excluding carboxylic acids is 2. The Labute approximate surface area is 164 Å². The highest BCUT2D eigenvalue weighted by molar-refractivity contribution is 5.95. The molecule has 0 spiro atoms. The summed E-state index contributed by atoms with van der Waals surface area (Å²) in [6, 6.07) is 12.9. The maximum atomic E-state index is 12.8. The number of benzene rings is 2. The first-order chi connectivity index (χ1) is 13.7. The molecule has 0 bridgehead atoms. The second kappa shape index (κ2) is 8.14. The van der Waals surface area contributed by atoms with E-state index in [4.69, 9.17) is 5.73 Å². The second-order valence-corrected chi connectivity index (χ2v) is 6.28. The monoisotopic (exact) mass is 399 g/mol. The molecule has 0 aliphatic heterocycles. The molecule has 148 valence electrons. The number of alkyl halides is 3. The van der Waals surface area contributed by atoms with E-state index < -0.39 is 23.6 Å². The summed E-state index contributed by atoms with van der Waals surface area (Å²) in [7, 11) is 0. The second-order valence-electron chi connectivity index (χ2n) is 6.28. The van der Waals surface area contributed by atoms with E-state index in [9.17, 15) is 22.8 Å². The van der Waals surface area contributed by atoms with Crippen LogP contribution in [0.1, 0.15) is 31.8 Å². The van der Waals surface area contributed by atoms with Crippen molar-refractivity contribution in [3.63, 3.8) is 0 Å². The van der Waals surface area contributed by atoms with E-state index >= 15 is 0 Å². The average molecular weight is 399 g/mol. The highest BCUT2D eigenvalue weighted by atomic mass is 19.4. The van der Waals surface area contributed by atoms with Gasteiger partial charge in [-0.25, -0.2) is 0 Å². The molecule has 0 saturated heterocycles. The van der Waals surface area contributed by atoms with Crippen LogP contribution < -0.4 is 11.1 Å². The molecule has 0 saturated carbocycles. The molecular weight excluding hydrogens is 383 g/mol. The third kappa shape index (κ3) is 4.98. The van der Waals surface area contributed by atoms with Crippen molar-refractivity contribution >= 4 is 11.8 Å². The summed E-state index contributed by atoms with van der Waals surface area (Å²) in [6.07, 6.45) is -1.52. The van der Waals surface area contributed by atoms with Crippen LogP contribution in [-0.4, -0.2) is 16.8 Å². The van der Waals surface area contributed by atoms with Crippen molar-refractivity contribution in [2.24, 2.45) is 5.73 Å². The van der Waals surface area contributed by atoms with Gasteiger partial charge in [0.1, 0.15) is 0 Å². The molecule has 3 rings (SSSR count). The van der Waals surface area contributed by atoms with Gasteiger partial charge in [0.2, 0.25) is 5.91 Å². The molecule has 8 heteroatoms. The molecule has 0 aliphatic carbocycles. The van der Waals surface area contributed by atoms with Crippen molar-refractivity contribution < 1.29 is 22.8 Å². The highest BCUT2D eigenvalue weighted by Crippen LogP contribution is 2.29. The predicted molar refractivity (Wildman–Crippen MR) is 101 cm³/mol. The molecule has 5 nitrogen and oxygen atoms in total. The van der Waals surface area contributed by atoms with Gasteiger partial charge in [0.05, 0.1) is 11.1 Å². The number of aromatic nitrogens is 1. The van der Waals surface area contributed by atoms with E-state index in [0.717, 1.165) is 17.7 Å². The van der Waals surface area contributed by atoms with Crippen LogP contribution in [0.2, 0.25) is 0 Å². The minimum atomic E-state index is -4.44. The number of carbonyl (C=O) groups is 2. The molecular formula is C21H16F3N3O2. The fraction of sp³-hybridized carbons (Fsp3) is 0.0952. The quantitative estimate of drug-likeness (QED) is 0.684. The Balaban J connectivity index is 1.72.